The van der Waals surface area contributed by atoms with Crippen LogP contribution >= 0.6 is 0 Å². The molecule has 0 aliphatic rings. The summed E-state index contributed by atoms with van der Waals surface area (Å²) in [4.78, 5) is 29.0. The van der Waals surface area contributed by atoms with E-state index >= 15 is 0 Å². The Labute approximate surface area is 115 Å². The quantitative estimate of drug-likeness (QED) is 0.806. The van der Waals surface area contributed by atoms with E-state index in [1.165, 1.54) is 17.2 Å². The summed E-state index contributed by atoms with van der Waals surface area (Å²) in [7, 11) is 1.62. The van der Waals surface area contributed by atoms with Crippen molar-refractivity contribution in [2.45, 2.75) is 13.5 Å². The Morgan fingerprint density at radius 2 is 2.30 bits per heavy atom. The molecule has 0 aromatic carbocycles. The highest BCUT2D eigenvalue weighted by molar-refractivity contribution is 5.94. The Balaban J connectivity index is 1.81. The van der Waals surface area contributed by atoms with Crippen LogP contribution in [0, 0.1) is 6.92 Å². The van der Waals surface area contributed by atoms with Gasteiger partial charge in [-0.25, -0.2) is 4.98 Å². The Morgan fingerprint density at radius 1 is 1.50 bits per heavy atom. The molecule has 0 aliphatic carbocycles. The number of carbonyl (C=O) groups is 2. The molecule has 2 aromatic heterocycles. The maximum absolute atomic E-state index is 11.8. The van der Waals surface area contributed by atoms with Crippen LogP contribution in [0.1, 0.15) is 22.2 Å². The van der Waals surface area contributed by atoms with Gasteiger partial charge in [0.1, 0.15) is 5.82 Å². The lowest BCUT2D eigenvalue weighted by Gasteiger charge is -2.15. The number of hydrogen-bond donors (Lipinski definition) is 2. The third-order valence-electron chi connectivity index (χ3n) is 2.59. The molecule has 2 amide bonds. The largest absolute Gasteiger partial charge is 0.459 e. The molecule has 0 aliphatic heterocycles. The third-order valence-corrected chi connectivity index (χ3v) is 2.59. The molecule has 0 unspecified atom stereocenters. The third kappa shape index (κ3) is 3.44. The summed E-state index contributed by atoms with van der Waals surface area (Å²) >= 11 is 0. The highest BCUT2D eigenvalue weighted by atomic mass is 16.3. The van der Waals surface area contributed by atoms with Crippen LogP contribution in [0.2, 0.25) is 0 Å². The average Bonchev–Trinajstić information content (AvgIpc) is 3.07. The summed E-state index contributed by atoms with van der Waals surface area (Å²) < 4.78 is 4.93. The van der Waals surface area contributed by atoms with Crippen LogP contribution in [0.5, 0.6) is 0 Å². The summed E-state index contributed by atoms with van der Waals surface area (Å²) in [5.41, 5.74) is 0. The molecule has 0 saturated heterocycles. The first kappa shape index (κ1) is 13.8. The SMILES string of the molecule is Cc1nc(CN(C)C(=O)CNC(=O)c2ccco2)n[nH]1. The van der Waals surface area contributed by atoms with Gasteiger partial charge in [0, 0.05) is 7.05 Å². The first-order valence-electron chi connectivity index (χ1n) is 6.00. The van der Waals surface area contributed by atoms with E-state index in [0.717, 1.165) is 0 Å². The summed E-state index contributed by atoms with van der Waals surface area (Å²) in [6.07, 6.45) is 1.40. The van der Waals surface area contributed by atoms with Crippen molar-refractivity contribution in [1.82, 2.24) is 25.4 Å². The highest BCUT2D eigenvalue weighted by Crippen LogP contribution is 2.00. The zero-order valence-electron chi connectivity index (χ0n) is 11.2. The second-order valence-corrected chi connectivity index (χ2v) is 4.25. The number of nitrogens with one attached hydrogen (secondary N) is 2. The first-order chi connectivity index (χ1) is 9.56. The molecule has 0 bridgehead atoms. The minimum Gasteiger partial charge on any atom is -0.459 e. The van der Waals surface area contributed by atoms with E-state index in [0.29, 0.717) is 11.6 Å². The minimum absolute atomic E-state index is 0.112. The van der Waals surface area contributed by atoms with Gasteiger partial charge in [0.2, 0.25) is 5.91 Å². The molecule has 0 saturated carbocycles. The Morgan fingerprint density at radius 3 is 2.90 bits per heavy atom. The van der Waals surface area contributed by atoms with E-state index in [2.05, 4.69) is 20.5 Å². The standard InChI is InChI=1S/C12H15N5O3/c1-8-14-10(16-15-8)7-17(2)11(18)6-13-12(19)9-4-3-5-20-9/h3-5H,6-7H2,1-2H3,(H,13,19)(H,14,15,16). The number of likely N-dealkylation sites (N-methyl/N-ethyl adjacent to an activating group) is 1. The lowest BCUT2D eigenvalue weighted by Crippen LogP contribution is -2.37. The van der Waals surface area contributed by atoms with Gasteiger partial charge in [-0.1, -0.05) is 0 Å². The molecular formula is C12H15N5O3. The van der Waals surface area contributed by atoms with E-state index in [-0.39, 0.29) is 24.8 Å². The average molecular weight is 277 g/mol. The van der Waals surface area contributed by atoms with Gasteiger partial charge in [-0.05, 0) is 19.1 Å². The van der Waals surface area contributed by atoms with Crippen molar-refractivity contribution < 1.29 is 14.0 Å². The van der Waals surface area contributed by atoms with Crippen LogP contribution in [0.3, 0.4) is 0 Å². The molecule has 0 spiro atoms. The molecule has 8 heteroatoms. The number of aromatic nitrogens is 3. The van der Waals surface area contributed by atoms with Gasteiger partial charge in [-0.3, -0.25) is 14.7 Å². The number of nitrogens with zero attached hydrogens (tertiary/aromatic N) is 3. The van der Waals surface area contributed by atoms with E-state index in [9.17, 15) is 9.59 Å². The summed E-state index contributed by atoms with van der Waals surface area (Å²) in [5, 5.41) is 9.13. The Kier molecular flexibility index (Phi) is 4.14. The maximum Gasteiger partial charge on any atom is 0.287 e. The smallest absolute Gasteiger partial charge is 0.287 e. The molecule has 8 nitrogen and oxygen atoms in total. The van der Waals surface area contributed by atoms with Gasteiger partial charge in [-0.2, -0.15) is 5.10 Å². The lowest BCUT2D eigenvalue weighted by molar-refractivity contribution is -0.129. The molecule has 2 rings (SSSR count). The summed E-state index contributed by atoms with van der Waals surface area (Å²) in [6, 6.07) is 3.13. The van der Waals surface area contributed by atoms with E-state index in [1.807, 2.05) is 0 Å². The van der Waals surface area contributed by atoms with E-state index < -0.39 is 5.91 Å². The Hall–Kier alpha value is -2.64. The Bertz CT molecular complexity index is 590. The van der Waals surface area contributed by atoms with Crippen molar-refractivity contribution >= 4 is 11.8 Å². The van der Waals surface area contributed by atoms with Gasteiger partial charge in [-0.15, -0.1) is 0 Å². The minimum atomic E-state index is -0.425. The predicted molar refractivity (Wildman–Crippen MR) is 68.6 cm³/mol. The highest BCUT2D eigenvalue weighted by Gasteiger charge is 2.14. The van der Waals surface area contributed by atoms with Crippen LogP contribution in [0.15, 0.2) is 22.8 Å². The zero-order valence-corrected chi connectivity index (χ0v) is 11.2. The first-order valence-corrected chi connectivity index (χ1v) is 6.00. The normalized spacial score (nSPS) is 10.3. The van der Waals surface area contributed by atoms with Gasteiger partial charge in [0.25, 0.3) is 5.91 Å². The number of hydrogen-bond acceptors (Lipinski definition) is 5. The lowest BCUT2D eigenvalue weighted by atomic mass is 10.4. The number of aryl methyl sites for hydroxylation is 1. The van der Waals surface area contributed by atoms with Crippen LogP contribution < -0.4 is 5.32 Å². The van der Waals surface area contributed by atoms with Crippen LogP contribution in [0.25, 0.3) is 0 Å². The van der Waals surface area contributed by atoms with Crippen LogP contribution in [0.4, 0.5) is 0 Å². The van der Waals surface area contributed by atoms with Crippen LogP contribution in [-0.4, -0.2) is 45.5 Å². The van der Waals surface area contributed by atoms with Crippen molar-refractivity contribution in [3.8, 4) is 0 Å². The second kappa shape index (κ2) is 6.00. The van der Waals surface area contributed by atoms with Crippen molar-refractivity contribution in [2.24, 2.45) is 0 Å². The predicted octanol–water partition coefficient (Wildman–Crippen LogP) is 0.0945. The van der Waals surface area contributed by atoms with Gasteiger partial charge in [0.15, 0.2) is 11.6 Å². The number of H-pyrrole nitrogens is 1. The molecule has 106 valence electrons. The molecule has 0 fully saturated rings. The maximum atomic E-state index is 11.8. The fourth-order valence-electron chi connectivity index (χ4n) is 1.55. The van der Waals surface area contributed by atoms with E-state index in [1.54, 1.807) is 20.0 Å². The number of furan rings is 1. The second-order valence-electron chi connectivity index (χ2n) is 4.25. The molecule has 2 heterocycles. The number of rotatable bonds is 5. The molecular weight excluding hydrogens is 262 g/mol. The molecule has 2 aromatic rings. The molecule has 20 heavy (non-hydrogen) atoms. The van der Waals surface area contributed by atoms with Crippen molar-refractivity contribution in [3.63, 3.8) is 0 Å². The van der Waals surface area contributed by atoms with Crippen molar-refractivity contribution in [2.75, 3.05) is 13.6 Å². The molecule has 0 radical (unpaired) electrons. The number of amides is 2. The van der Waals surface area contributed by atoms with Gasteiger partial charge in [0.05, 0.1) is 19.4 Å². The topological polar surface area (TPSA) is 104 Å². The zero-order chi connectivity index (χ0) is 14.5. The van der Waals surface area contributed by atoms with Gasteiger partial charge < -0.3 is 14.6 Å². The van der Waals surface area contributed by atoms with Crippen molar-refractivity contribution in [1.29, 1.82) is 0 Å². The number of carbonyl (C=O) groups excluding carboxylic acids is 2. The fourth-order valence-corrected chi connectivity index (χ4v) is 1.55. The van der Waals surface area contributed by atoms with E-state index in [4.69, 9.17) is 4.42 Å². The molecule has 2 N–H and O–H groups in total. The summed E-state index contributed by atoms with van der Waals surface area (Å²) in [5.74, 6) is 0.713. The summed E-state index contributed by atoms with van der Waals surface area (Å²) in [6.45, 7) is 1.95. The monoisotopic (exact) mass is 277 g/mol. The molecule has 0 atom stereocenters. The van der Waals surface area contributed by atoms with Crippen LogP contribution in [-0.2, 0) is 11.3 Å². The number of aromatic amines is 1. The van der Waals surface area contributed by atoms with Gasteiger partial charge >= 0.3 is 0 Å². The van der Waals surface area contributed by atoms with Crippen molar-refractivity contribution in [3.05, 3.63) is 35.8 Å². The fraction of sp³-hybridized carbons (Fsp3) is 0.333.